The lowest BCUT2D eigenvalue weighted by Crippen LogP contribution is -2.37. The summed E-state index contributed by atoms with van der Waals surface area (Å²) in [6, 6.07) is 0. The summed E-state index contributed by atoms with van der Waals surface area (Å²) < 4.78 is 16.9. The highest BCUT2D eigenvalue weighted by atomic mass is 35.5. The van der Waals surface area contributed by atoms with E-state index in [2.05, 4.69) is 0 Å². The van der Waals surface area contributed by atoms with Gasteiger partial charge in [0.05, 0.1) is 18.9 Å². The lowest BCUT2D eigenvalue weighted by atomic mass is 10.0. The van der Waals surface area contributed by atoms with Crippen LogP contribution in [-0.4, -0.2) is 58.6 Å². The highest BCUT2D eigenvalue weighted by molar-refractivity contribution is 6.29. The van der Waals surface area contributed by atoms with E-state index in [4.69, 9.17) is 30.9 Å². The number of allylic oxidation sites excluding steroid dienone is 3. The number of aliphatic carboxylic acids is 1. The summed E-state index contributed by atoms with van der Waals surface area (Å²) in [7, 11) is 0. The van der Waals surface area contributed by atoms with Gasteiger partial charge in [0.1, 0.15) is 24.4 Å². The van der Waals surface area contributed by atoms with E-state index in [1.165, 1.54) is 13.0 Å². The number of esters is 2. The molecule has 32 heavy (non-hydrogen) atoms. The Hall–Kier alpha value is -2.16. The number of ether oxygens (including phenoxy) is 3. The Morgan fingerprint density at radius 2 is 2.06 bits per heavy atom. The molecule has 2 aliphatic rings. The average molecular weight is 471 g/mol. The van der Waals surface area contributed by atoms with Crippen molar-refractivity contribution in [2.45, 2.75) is 89.8 Å². The van der Waals surface area contributed by atoms with Gasteiger partial charge in [-0.25, -0.2) is 0 Å². The molecular formula is C23H31ClO8. The summed E-state index contributed by atoms with van der Waals surface area (Å²) in [5.41, 5.74) is 1.17. The topological polar surface area (TPSA) is 119 Å². The summed E-state index contributed by atoms with van der Waals surface area (Å²) in [6.45, 7) is 4.64. The molecule has 0 radical (unpaired) electrons. The van der Waals surface area contributed by atoms with Crippen molar-refractivity contribution < 1.29 is 38.8 Å². The van der Waals surface area contributed by atoms with E-state index in [1.54, 1.807) is 13.8 Å². The number of carboxylic acid groups (broad SMARTS) is 1. The summed E-state index contributed by atoms with van der Waals surface area (Å²) in [4.78, 5) is 35.1. The van der Waals surface area contributed by atoms with Crippen LogP contribution in [0.2, 0.25) is 0 Å². The summed E-state index contributed by atoms with van der Waals surface area (Å²) in [6.07, 6.45) is 3.01. The number of carbonyl (C=O) groups is 3. The Morgan fingerprint density at radius 3 is 2.72 bits per heavy atom. The quantitative estimate of drug-likeness (QED) is 0.463. The first kappa shape index (κ1) is 26.1. The number of hydrogen-bond acceptors (Lipinski definition) is 7. The van der Waals surface area contributed by atoms with Crippen molar-refractivity contribution in [3.8, 4) is 0 Å². The van der Waals surface area contributed by atoms with E-state index in [-0.39, 0.29) is 18.9 Å². The molecule has 2 bridgehead atoms. The van der Waals surface area contributed by atoms with E-state index >= 15 is 0 Å². The van der Waals surface area contributed by atoms with Crippen molar-refractivity contribution in [1.82, 2.24) is 0 Å². The molecule has 5 atom stereocenters. The van der Waals surface area contributed by atoms with Crippen molar-refractivity contribution in [2.75, 3.05) is 0 Å². The summed E-state index contributed by atoms with van der Waals surface area (Å²) >= 11 is 6.32. The Kier molecular flexibility index (Phi) is 9.93. The molecule has 2 N–H and O–H groups in total. The fourth-order valence-electron chi connectivity index (χ4n) is 3.81. The van der Waals surface area contributed by atoms with Crippen LogP contribution in [0, 0.1) is 0 Å². The van der Waals surface area contributed by atoms with Crippen molar-refractivity contribution in [3.63, 3.8) is 0 Å². The van der Waals surface area contributed by atoms with Crippen LogP contribution in [0.4, 0.5) is 0 Å². The fourth-order valence-corrected chi connectivity index (χ4v) is 4.01. The zero-order valence-electron chi connectivity index (χ0n) is 18.6. The molecule has 0 amide bonds. The second-order valence-electron chi connectivity index (χ2n) is 8.24. The maximum atomic E-state index is 12.7. The molecular weight excluding hydrogens is 440 g/mol. The number of aliphatic hydroxyl groups is 1. The normalized spacial score (nSPS) is 31.9. The minimum atomic E-state index is -1.15. The van der Waals surface area contributed by atoms with Gasteiger partial charge in [-0.15, -0.1) is 0 Å². The molecule has 2 aliphatic heterocycles. The number of aliphatic hydroxyl groups excluding tert-OH is 1. The molecule has 1 saturated heterocycles. The molecule has 178 valence electrons. The van der Waals surface area contributed by atoms with E-state index in [9.17, 15) is 19.5 Å². The molecule has 1 fully saturated rings. The molecule has 2 rings (SSSR count). The number of fused-ring (bicyclic) bond motifs is 2. The van der Waals surface area contributed by atoms with E-state index < -0.39 is 42.3 Å². The molecule has 0 aromatic rings. The third kappa shape index (κ3) is 8.41. The largest absolute Gasteiger partial charge is 0.481 e. The van der Waals surface area contributed by atoms with Crippen molar-refractivity contribution in [1.29, 1.82) is 0 Å². The number of hydrogen-bond donors (Lipinski definition) is 2. The van der Waals surface area contributed by atoms with Crippen LogP contribution in [0.25, 0.3) is 0 Å². The maximum absolute atomic E-state index is 12.7. The molecule has 8 nitrogen and oxygen atoms in total. The Labute approximate surface area is 192 Å². The van der Waals surface area contributed by atoms with Crippen molar-refractivity contribution in [2.24, 2.45) is 0 Å². The van der Waals surface area contributed by atoms with Crippen LogP contribution in [0.3, 0.4) is 0 Å². The van der Waals surface area contributed by atoms with Crippen LogP contribution in [0.5, 0.6) is 0 Å². The van der Waals surface area contributed by atoms with Gasteiger partial charge >= 0.3 is 17.9 Å². The molecule has 0 aromatic heterocycles. The van der Waals surface area contributed by atoms with Gasteiger partial charge in [0.2, 0.25) is 0 Å². The summed E-state index contributed by atoms with van der Waals surface area (Å²) in [5.74, 6) is -2.10. The van der Waals surface area contributed by atoms with Crippen LogP contribution in [0.1, 0.15) is 59.3 Å². The molecule has 0 unspecified atom stereocenters. The third-order valence-electron chi connectivity index (χ3n) is 5.37. The van der Waals surface area contributed by atoms with E-state index in [0.717, 1.165) is 0 Å². The summed E-state index contributed by atoms with van der Waals surface area (Å²) in [5, 5.41) is 20.3. The van der Waals surface area contributed by atoms with Gasteiger partial charge in [0.25, 0.3) is 0 Å². The predicted molar refractivity (Wildman–Crippen MR) is 117 cm³/mol. The zero-order valence-corrected chi connectivity index (χ0v) is 19.3. The van der Waals surface area contributed by atoms with Gasteiger partial charge in [0.15, 0.2) is 0 Å². The highest BCUT2D eigenvalue weighted by Crippen LogP contribution is 2.31. The Balaban J connectivity index is 2.25. The number of rotatable bonds is 5. The SMILES string of the molecule is CC(=O)O[C@@H]1CC(=O)O[C@@H]2C[C@@H](CC/C(Cl)=C/C/C=C/1C)O[C@@H]2[C@H](O)/C=C(\C)CC(=O)O. The van der Waals surface area contributed by atoms with E-state index in [1.807, 2.05) is 12.2 Å². The minimum absolute atomic E-state index is 0.169. The van der Waals surface area contributed by atoms with Gasteiger partial charge in [-0.2, -0.15) is 0 Å². The van der Waals surface area contributed by atoms with Crippen LogP contribution in [-0.2, 0) is 28.6 Å². The first-order valence-electron chi connectivity index (χ1n) is 10.7. The second kappa shape index (κ2) is 12.2. The molecule has 0 aliphatic carbocycles. The van der Waals surface area contributed by atoms with Gasteiger partial charge < -0.3 is 24.4 Å². The van der Waals surface area contributed by atoms with Crippen molar-refractivity contribution >= 4 is 29.5 Å². The fraction of sp³-hybridized carbons (Fsp3) is 0.609. The van der Waals surface area contributed by atoms with Gasteiger partial charge in [-0.3, -0.25) is 14.4 Å². The lowest BCUT2D eigenvalue weighted by Gasteiger charge is -2.24. The second-order valence-corrected chi connectivity index (χ2v) is 8.72. The van der Waals surface area contributed by atoms with Gasteiger partial charge in [-0.05, 0) is 38.7 Å². The van der Waals surface area contributed by atoms with Crippen LogP contribution >= 0.6 is 11.6 Å². The van der Waals surface area contributed by atoms with Crippen molar-refractivity contribution in [3.05, 3.63) is 34.4 Å². The van der Waals surface area contributed by atoms with Gasteiger partial charge in [0, 0.05) is 18.4 Å². The smallest absolute Gasteiger partial charge is 0.310 e. The molecule has 9 heteroatoms. The standard InChI is InChI=1S/C23H31ClO8/c1-13(10-21(27)28)9-18(26)23-20-11-17(31-23)8-7-16(24)6-4-5-14(2)19(30-15(3)25)12-22(29)32-20/h5-6,9,17-20,23,26H,4,7-8,10-12H2,1-3H3,(H,27,28)/b13-9+,14-5+,16-6-/t17-,18-,19-,20-,23-/m1/s1. The van der Waals surface area contributed by atoms with Crippen LogP contribution < -0.4 is 0 Å². The Bertz CT molecular complexity index is 800. The Morgan fingerprint density at radius 1 is 1.34 bits per heavy atom. The average Bonchev–Trinajstić information content (AvgIpc) is 3.06. The number of carboxylic acids is 1. The first-order chi connectivity index (χ1) is 15.0. The monoisotopic (exact) mass is 470 g/mol. The maximum Gasteiger partial charge on any atom is 0.310 e. The van der Waals surface area contributed by atoms with Crippen LogP contribution in [0.15, 0.2) is 34.4 Å². The lowest BCUT2D eigenvalue weighted by molar-refractivity contribution is -0.159. The molecule has 0 saturated carbocycles. The number of halogens is 1. The molecule has 2 heterocycles. The first-order valence-corrected chi connectivity index (χ1v) is 11.0. The highest BCUT2D eigenvalue weighted by Gasteiger charge is 2.41. The number of carbonyl (C=O) groups excluding carboxylic acids is 2. The third-order valence-corrected chi connectivity index (χ3v) is 5.71. The molecule has 0 spiro atoms. The zero-order chi connectivity index (χ0) is 23.8. The minimum Gasteiger partial charge on any atom is -0.481 e. The van der Waals surface area contributed by atoms with E-state index in [0.29, 0.717) is 41.9 Å². The van der Waals surface area contributed by atoms with Gasteiger partial charge in [-0.1, -0.05) is 35.4 Å². The molecule has 0 aromatic carbocycles. The predicted octanol–water partition coefficient (Wildman–Crippen LogP) is 3.41.